The first kappa shape index (κ1) is 20.0. The Morgan fingerprint density at radius 3 is 2.25 bits per heavy atom. The summed E-state index contributed by atoms with van der Waals surface area (Å²) in [4.78, 5) is 23.4. The Balaban J connectivity index is 1.65. The molecule has 1 fully saturated rings. The van der Waals surface area contributed by atoms with Crippen LogP contribution >= 0.6 is 0 Å². The molecule has 0 spiro atoms. The van der Waals surface area contributed by atoms with Crippen LogP contribution in [0.5, 0.6) is 0 Å². The van der Waals surface area contributed by atoms with Gasteiger partial charge in [-0.15, -0.1) is 0 Å². The normalized spacial score (nSPS) is 16.0. The fraction of sp³-hybridized carbons (Fsp3) is 0.381. The molecule has 0 radical (unpaired) electrons. The van der Waals surface area contributed by atoms with Gasteiger partial charge in [0.2, 0.25) is 6.54 Å². The van der Waals surface area contributed by atoms with Crippen LogP contribution in [0.4, 0.5) is 0 Å². The number of nitrogens with zero attached hydrogens (tertiary/aromatic N) is 1. The van der Waals surface area contributed by atoms with Crippen LogP contribution < -0.4 is 5.32 Å². The molecule has 1 heterocycles. The van der Waals surface area contributed by atoms with E-state index in [1.807, 2.05) is 60.7 Å². The van der Waals surface area contributed by atoms with Gasteiger partial charge in [0, 0.05) is 4.92 Å². The van der Waals surface area contributed by atoms with E-state index in [4.69, 9.17) is 9.47 Å². The number of aryl methyl sites for hydroxylation is 1. The van der Waals surface area contributed by atoms with Gasteiger partial charge in [-0.1, -0.05) is 60.7 Å². The fourth-order valence-corrected chi connectivity index (χ4v) is 3.22. The summed E-state index contributed by atoms with van der Waals surface area (Å²) in [6, 6.07) is 18.6. The minimum absolute atomic E-state index is 0.169. The highest BCUT2D eigenvalue weighted by Crippen LogP contribution is 2.20. The first-order valence-corrected chi connectivity index (χ1v) is 9.28. The zero-order valence-electron chi connectivity index (χ0n) is 15.6. The third-order valence-electron chi connectivity index (χ3n) is 4.74. The molecule has 1 unspecified atom stereocenters. The predicted molar refractivity (Wildman–Crippen MR) is 103 cm³/mol. The van der Waals surface area contributed by atoms with Crippen molar-refractivity contribution in [2.75, 3.05) is 19.8 Å². The van der Waals surface area contributed by atoms with Crippen LogP contribution in [-0.4, -0.2) is 42.2 Å². The number of hydrogen-bond donors (Lipinski definition) is 1. The van der Waals surface area contributed by atoms with E-state index >= 15 is 0 Å². The second-order valence-corrected chi connectivity index (χ2v) is 7.08. The number of carbonyl (C=O) groups is 1. The molecule has 1 N–H and O–H groups in total. The molecule has 1 atom stereocenters. The number of benzene rings is 2. The van der Waals surface area contributed by atoms with Crippen molar-refractivity contribution in [2.45, 2.75) is 31.0 Å². The van der Waals surface area contributed by atoms with Crippen LogP contribution in [-0.2, 0) is 27.3 Å². The Labute approximate surface area is 163 Å². The average Bonchev–Trinajstić information content (AvgIpc) is 2.68. The molecular formula is C21H24N2O5. The van der Waals surface area contributed by atoms with Crippen LogP contribution in [0, 0.1) is 10.1 Å². The SMILES string of the molecule is O=C(OCc1ccccc1)C(CCc1ccccc1)NC1(C[N+](=O)[O-])COC1. The predicted octanol–water partition coefficient (Wildman–Crippen LogP) is 2.37. The summed E-state index contributed by atoms with van der Waals surface area (Å²) in [7, 11) is 0. The number of nitro groups is 1. The van der Waals surface area contributed by atoms with Crippen LogP contribution in [0.3, 0.4) is 0 Å². The smallest absolute Gasteiger partial charge is 0.323 e. The summed E-state index contributed by atoms with van der Waals surface area (Å²) < 4.78 is 10.7. The second-order valence-electron chi connectivity index (χ2n) is 7.08. The lowest BCUT2D eigenvalue weighted by atomic mass is 9.94. The summed E-state index contributed by atoms with van der Waals surface area (Å²) in [5.74, 6) is -0.408. The Kier molecular flexibility index (Phi) is 6.73. The molecule has 2 aromatic carbocycles. The van der Waals surface area contributed by atoms with E-state index in [-0.39, 0.29) is 31.3 Å². The standard InChI is InChI=1S/C21H24N2O5/c24-20(28-13-18-9-5-2-6-10-18)19(12-11-17-7-3-1-4-8-17)22-21(14-23(25)26)15-27-16-21/h1-10,19,22H,11-16H2. The van der Waals surface area contributed by atoms with E-state index in [2.05, 4.69) is 5.32 Å². The highest BCUT2D eigenvalue weighted by molar-refractivity contribution is 5.76. The number of rotatable bonds is 10. The van der Waals surface area contributed by atoms with Crippen molar-refractivity contribution in [2.24, 2.45) is 0 Å². The largest absolute Gasteiger partial charge is 0.460 e. The minimum Gasteiger partial charge on any atom is -0.460 e. The van der Waals surface area contributed by atoms with Crippen molar-refractivity contribution >= 4 is 5.97 Å². The number of ether oxygens (including phenoxy) is 2. The maximum atomic E-state index is 12.7. The van der Waals surface area contributed by atoms with Crippen LogP contribution in [0.2, 0.25) is 0 Å². The Morgan fingerprint density at radius 1 is 1.11 bits per heavy atom. The Morgan fingerprint density at radius 2 is 1.71 bits per heavy atom. The number of carbonyl (C=O) groups excluding carboxylic acids is 1. The minimum atomic E-state index is -0.823. The van der Waals surface area contributed by atoms with Crippen LogP contribution in [0.15, 0.2) is 60.7 Å². The van der Waals surface area contributed by atoms with Gasteiger partial charge in [0.25, 0.3) is 0 Å². The van der Waals surface area contributed by atoms with E-state index in [9.17, 15) is 14.9 Å². The molecular weight excluding hydrogens is 360 g/mol. The number of hydrogen-bond acceptors (Lipinski definition) is 6. The fourth-order valence-electron chi connectivity index (χ4n) is 3.22. The van der Waals surface area contributed by atoms with Gasteiger partial charge in [-0.05, 0) is 24.0 Å². The third-order valence-corrected chi connectivity index (χ3v) is 4.74. The monoisotopic (exact) mass is 384 g/mol. The lowest BCUT2D eigenvalue weighted by Crippen LogP contribution is -2.68. The molecule has 2 aromatic rings. The van der Waals surface area contributed by atoms with Crippen molar-refractivity contribution in [3.05, 3.63) is 81.9 Å². The molecule has 0 bridgehead atoms. The molecule has 7 nitrogen and oxygen atoms in total. The van der Waals surface area contributed by atoms with Crippen molar-refractivity contribution in [3.8, 4) is 0 Å². The van der Waals surface area contributed by atoms with E-state index in [1.54, 1.807) is 0 Å². The molecule has 1 saturated heterocycles. The van der Waals surface area contributed by atoms with Gasteiger partial charge in [0.1, 0.15) is 18.2 Å². The number of esters is 1. The first-order chi connectivity index (χ1) is 13.6. The van der Waals surface area contributed by atoms with E-state index in [0.717, 1.165) is 11.1 Å². The maximum absolute atomic E-state index is 12.7. The lowest BCUT2D eigenvalue weighted by molar-refractivity contribution is -0.498. The summed E-state index contributed by atoms with van der Waals surface area (Å²) in [6.07, 6.45) is 1.14. The van der Waals surface area contributed by atoms with Crippen LogP contribution in [0.25, 0.3) is 0 Å². The quantitative estimate of drug-likeness (QED) is 0.384. The van der Waals surface area contributed by atoms with E-state index in [0.29, 0.717) is 12.8 Å². The van der Waals surface area contributed by atoms with Crippen molar-refractivity contribution < 1.29 is 19.2 Å². The zero-order valence-corrected chi connectivity index (χ0v) is 15.6. The average molecular weight is 384 g/mol. The highest BCUT2D eigenvalue weighted by Gasteiger charge is 2.46. The Bertz CT molecular complexity index is 778. The molecule has 0 saturated carbocycles. The summed E-state index contributed by atoms with van der Waals surface area (Å²) >= 11 is 0. The second kappa shape index (κ2) is 9.43. The van der Waals surface area contributed by atoms with Gasteiger partial charge < -0.3 is 9.47 Å². The van der Waals surface area contributed by atoms with Crippen molar-refractivity contribution in [1.29, 1.82) is 0 Å². The molecule has 3 rings (SSSR count). The maximum Gasteiger partial charge on any atom is 0.323 e. The molecule has 0 aromatic heterocycles. The van der Waals surface area contributed by atoms with Crippen molar-refractivity contribution in [1.82, 2.24) is 5.32 Å². The lowest BCUT2D eigenvalue weighted by Gasteiger charge is -2.40. The van der Waals surface area contributed by atoms with Gasteiger partial charge in [0.05, 0.1) is 13.2 Å². The summed E-state index contributed by atoms with van der Waals surface area (Å²) in [6.45, 7) is 0.298. The molecule has 1 aliphatic heterocycles. The Hall–Kier alpha value is -2.77. The summed E-state index contributed by atoms with van der Waals surface area (Å²) in [5.41, 5.74) is 1.17. The molecule has 148 valence electrons. The molecule has 28 heavy (non-hydrogen) atoms. The molecule has 0 amide bonds. The highest BCUT2D eigenvalue weighted by atomic mass is 16.6. The van der Waals surface area contributed by atoms with Gasteiger partial charge in [-0.3, -0.25) is 20.2 Å². The third kappa shape index (κ3) is 5.61. The van der Waals surface area contributed by atoms with E-state index < -0.39 is 17.6 Å². The van der Waals surface area contributed by atoms with Gasteiger partial charge >= 0.3 is 5.97 Å². The topological polar surface area (TPSA) is 90.7 Å². The molecule has 7 heteroatoms. The molecule has 1 aliphatic rings. The number of nitrogens with one attached hydrogen (secondary N) is 1. The van der Waals surface area contributed by atoms with Gasteiger partial charge in [0.15, 0.2) is 0 Å². The van der Waals surface area contributed by atoms with Crippen LogP contribution in [0.1, 0.15) is 17.5 Å². The van der Waals surface area contributed by atoms with Crippen molar-refractivity contribution in [3.63, 3.8) is 0 Å². The summed E-state index contributed by atoms with van der Waals surface area (Å²) in [5, 5.41) is 14.2. The first-order valence-electron chi connectivity index (χ1n) is 9.28. The zero-order chi connectivity index (χ0) is 19.8. The van der Waals surface area contributed by atoms with Gasteiger partial charge in [-0.2, -0.15) is 0 Å². The van der Waals surface area contributed by atoms with Gasteiger partial charge in [-0.25, -0.2) is 0 Å². The van der Waals surface area contributed by atoms with E-state index in [1.165, 1.54) is 0 Å². The molecule has 0 aliphatic carbocycles.